The SMILES string of the molecule is CC(C)(C)OC(=O)/N=c1\ccc2c(-c3cc(C(=O)NCCOCCOCCOCCOCCC(=O)O)ccc3C(=O)O)c3ccc(NC(=O)OC(C)(C)C)cc3oc-2c1. The molecule has 2 aromatic rings. The molecule has 0 unspecified atom stereocenters. The van der Waals surface area contributed by atoms with Crippen molar-refractivity contribution in [3.63, 3.8) is 0 Å². The van der Waals surface area contributed by atoms with Gasteiger partial charge in [-0.1, -0.05) is 0 Å². The van der Waals surface area contributed by atoms with E-state index in [0.717, 1.165) is 0 Å². The number of carbonyl (C=O) groups is 5. The van der Waals surface area contributed by atoms with Gasteiger partial charge < -0.3 is 48.4 Å². The van der Waals surface area contributed by atoms with Crippen molar-refractivity contribution in [3.8, 4) is 22.5 Å². The van der Waals surface area contributed by atoms with Crippen molar-refractivity contribution in [1.29, 1.82) is 0 Å². The number of aliphatic carboxylic acids is 1. The van der Waals surface area contributed by atoms with Crippen LogP contribution in [0.15, 0.2) is 64.0 Å². The smallest absolute Gasteiger partial charge is 0.434 e. The fourth-order valence-corrected chi connectivity index (χ4v) is 5.47. The van der Waals surface area contributed by atoms with E-state index in [0.29, 0.717) is 48.6 Å². The summed E-state index contributed by atoms with van der Waals surface area (Å²) in [7, 11) is 0. The number of benzene rings is 3. The van der Waals surface area contributed by atoms with E-state index in [1.165, 1.54) is 24.3 Å². The number of carboxylic acids is 2. The number of fused-ring (bicyclic) bond motifs is 2. The van der Waals surface area contributed by atoms with E-state index in [-0.39, 0.29) is 72.8 Å². The number of rotatable bonds is 19. The Hall–Kier alpha value is -5.88. The summed E-state index contributed by atoms with van der Waals surface area (Å²) in [5, 5.41) is 25.1. The highest BCUT2D eigenvalue weighted by molar-refractivity contribution is 6.09. The fourth-order valence-electron chi connectivity index (χ4n) is 5.47. The quantitative estimate of drug-likeness (QED) is 0.0596. The van der Waals surface area contributed by atoms with Gasteiger partial charge in [-0.05, 0) is 89.6 Å². The van der Waals surface area contributed by atoms with Crippen LogP contribution in [0.2, 0.25) is 0 Å². The maximum Gasteiger partial charge on any atom is 0.434 e. The summed E-state index contributed by atoms with van der Waals surface area (Å²) >= 11 is 0. The van der Waals surface area contributed by atoms with Gasteiger partial charge in [-0.15, -0.1) is 0 Å². The van der Waals surface area contributed by atoms with Crippen LogP contribution in [0.3, 0.4) is 0 Å². The number of carboxylic acid groups (broad SMARTS) is 2. The molecule has 0 aromatic heterocycles. The third kappa shape index (κ3) is 15.1. The van der Waals surface area contributed by atoms with Crippen molar-refractivity contribution < 1.29 is 67.0 Å². The zero-order valence-electron chi connectivity index (χ0n) is 34.0. The molecule has 1 aliphatic heterocycles. The van der Waals surface area contributed by atoms with Crippen LogP contribution in [-0.4, -0.2) is 111 Å². The van der Waals surface area contributed by atoms with Crippen molar-refractivity contribution in [2.45, 2.75) is 59.2 Å². The number of nitrogens with zero attached hydrogens (tertiary/aromatic N) is 1. The average Bonchev–Trinajstić information content (AvgIpc) is 3.13. The monoisotopic (exact) mass is 821 g/mol. The first-order chi connectivity index (χ1) is 27.9. The summed E-state index contributed by atoms with van der Waals surface area (Å²) in [6.45, 7) is 12.7. The van der Waals surface area contributed by atoms with Crippen molar-refractivity contribution in [2.24, 2.45) is 4.99 Å². The molecule has 0 radical (unpaired) electrons. The molecule has 0 atom stereocenters. The number of anilines is 1. The number of ether oxygens (including phenoxy) is 6. The molecule has 0 saturated heterocycles. The Morgan fingerprint density at radius 3 is 1.93 bits per heavy atom. The van der Waals surface area contributed by atoms with Crippen molar-refractivity contribution in [3.05, 3.63) is 71.1 Å². The van der Waals surface area contributed by atoms with Gasteiger partial charge in [0.25, 0.3) is 5.91 Å². The van der Waals surface area contributed by atoms with E-state index in [1.54, 1.807) is 71.9 Å². The molecule has 17 heteroatoms. The van der Waals surface area contributed by atoms with E-state index >= 15 is 0 Å². The van der Waals surface area contributed by atoms with Gasteiger partial charge in [0.15, 0.2) is 0 Å². The van der Waals surface area contributed by atoms with Crippen LogP contribution in [0.4, 0.5) is 15.3 Å². The van der Waals surface area contributed by atoms with Crippen LogP contribution in [-0.2, 0) is 33.2 Å². The zero-order chi connectivity index (χ0) is 43.2. The number of hydrogen-bond donors (Lipinski definition) is 4. The Morgan fingerprint density at radius 1 is 0.695 bits per heavy atom. The van der Waals surface area contributed by atoms with Crippen molar-refractivity contribution in [1.82, 2.24) is 5.32 Å². The molecule has 4 rings (SSSR count). The molecule has 17 nitrogen and oxygen atoms in total. The number of hydrogen-bond acceptors (Lipinski definition) is 12. The lowest BCUT2D eigenvalue weighted by molar-refractivity contribution is -0.138. The number of carbonyl (C=O) groups excluding carboxylic acids is 3. The minimum absolute atomic E-state index is 0.0603. The van der Waals surface area contributed by atoms with E-state index in [1.807, 2.05) is 0 Å². The minimum atomic E-state index is -1.24. The number of aromatic carboxylic acids is 1. The second-order valence-electron chi connectivity index (χ2n) is 15.0. The minimum Gasteiger partial charge on any atom is -0.481 e. The molecule has 0 saturated carbocycles. The molecule has 0 bridgehead atoms. The summed E-state index contributed by atoms with van der Waals surface area (Å²) in [5.41, 5.74) is 0.220. The summed E-state index contributed by atoms with van der Waals surface area (Å²) in [6.07, 6.45) is -1.57. The Balaban J connectivity index is 1.52. The van der Waals surface area contributed by atoms with Crippen molar-refractivity contribution >= 4 is 46.7 Å². The van der Waals surface area contributed by atoms with Gasteiger partial charge >= 0.3 is 24.1 Å². The predicted molar refractivity (Wildman–Crippen MR) is 215 cm³/mol. The van der Waals surface area contributed by atoms with Gasteiger partial charge in [0.1, 0.15) is 22.5 Å². The Labute approximate surface area is 340 Å². The average molecular weight is 822 g/mol. The molecule has 0 fully saturated rings. The predicted octanol–water partition coefficient (Wildman–Crippen LogP) is 6.36. The molecule has 318 valence electrons. The first-order valence-electron chi connectivity index (χ1n) is 18.9. The van der Waals surface area contributed by atoms with Crippen LogP contribution in [0.5, 0.6) is 0 Å². The molecule has 1 aliphatic carbocycles. The van der Waals surface area contributed by atoms with Gasteiger partial charge in [-0.2, -0.15) is 4.99 Å². The van der Waals surface area contributed by atoms with Crippen molar-refractivity contribution in [2.75, 3.05) is 64.7 Å². The topological polar surface area (TPSA) is 231 Å². The lowest BCUT2D eigenvalue weighted by Gasteiger charge is -2.20. The van der Waals surface area contributed by atoms with E-state index in [4.69, 9.17) is 37.9 Å². The van der Waals surface area contributed by atoms with E-state index in [9.17, 15) is 29.1 Å². The highest BCUT2D eigenvalue weighted by atomic mass is 16.6. The normalized spacial score (nSPS) is 12.1. The summed E-state index contributed by atoms with van der Waals surface area (Å²) in [5.74, 6) is -2.40. The number of nitrogens with one attached hydrogen (secondary N) is 2. The van der Waals surface area contributed by atoms with Gasteiger partial charge in [0.2, 0.25) is 0 Å². The van der Waals surface area contributed by atoms with Crippen LogP contribution in [0, 0.1) is 0 Å². The fraction of sp³-hybridized carbons (Fsp3) is 0.429. The van der Waals surface area contributed by atoms with Crippen LogP contribution >= 0.6 is 0 Å². The zero-order valence-corrected chi connectivity index (χ0v) is 34.0. The highest BCUT2D eigenvalue weighted by Crippen LogP contribution is 2.42. The molecule has 0 spiro atoms. The molecule has 4 N–H and O–H groups in total. The van der Waals surface area contributed by atoms with E-state index < -0.39 is 41.2 Å². The second kappa shape index (κ2) is 21.2. The molecule has 2 aromatic carbocycles. The third-order valence-electron chi connectivity index (χ3n) is 7.85. The first-order valence-corrected chi connectivity index (χ1v) is 18.9. The standard InChI is InChI=1S/C42H51N3O14/c1-41(2,3)58-39(51)44-27-8-11-30-33(24-27)57-34-25-28(45-40(52)59-42(4,5)6)9-12-31(34)36(30)32-23-26(7-10-29(32)38(49)50)37(48)43-14-16-54-18-20-56-22-21-55-19-17-53-15-13-35(46)47/h7-12,23-25H,13-22H2,1-6H3,(H,43,48)(H,44,51)(H,46,47)(H,49,50)/b45-28+. The van der Waals surface area contributed by atoms with Crippen LogP contribution in [0.25, 0.3) is 33.4 Å². The van der Waals surface area contributed by atoms with Crippen LogP contribution < -0.4 is 16.0 Å². The maximum absolute atomic E-state index is 13.4. The Morgan fingerprint density at radius 2 is 1.32 bits per heavy atom. The Bertz CT molecular complexity index is 2150. The molecule has 1 heterocycles. The lowest BCUT2D eigenvalue weighted by Crippen LogP contribution is -2.27. The van der Waals surface area contributed by atoms with Gasteiger partial charge in [-0.3, -0.25) is 14.9 Å². The van der Waals surface area contributed by atoms with E-state index in [2.05, 4.69) is 15.6 Å². The Kier molecular flexibility index (Phi) is 16.5. The summed E-state index contributed by atoms with van der Waals surface area (Å²) in [6, 6.07) is 13.8. The highest BCUT2D eigenvalue weighted by Gasteiger charge is 2.24. The summed E-state index contributed by atoms with van der Waals surface area (Å²) < 4.78 is 38.5. The van der Waals surface area contributed by atoms with Gasteiger partial charge in [0, 0.05) is 46.4 Å². The second-order valence-corrected chi connectivity index (χ2v) is 15.0. The molecular formula is C42H51N3O14. The van der Waals surface area contributed by atoms with Gasteiger partial charge in [0.05, 0.1) is 70.2 Å². The largest absolute Gasteiger partial charge is 0.481 e. The molecular weight excluding hydrogens is 770 g/mol. The lowest BCUT2D eigenvalue weighted by atomic mass is 9.89. The first kappa shape index (κ1) is 45.8. The molecule has 2 aliphatic rings. The molecule has 59 heavy (non-hydrogen) atoms. The number of amides is 3. The van der Waals surface area contributed by atoms with Crippen LogP contribution in [0.1, 0.15) is 68.7 Å². The summed E-state index contributed by atoms with van der Waals surface area (Å²) in [4.78, 5) is 65.7. The third-order valence-corrected chi connectivity index (χ3v) is 7.85. The van der Waals surface area contributed by atoms with Gasteiger partial charge in [-0.25, -0.2) is 14.4 Å². The maximum atomic E-state index is 13.4. The molecule has 3 amide bonds.